The Bertz CT molecular complexity index is 1480. The van der Waals surface area contributed by atoms with Crippen molar-refractivity contribution >= 4 is 38.0 Å². The van der Waals surface area contributed by atoms with Crippen molar-refractivity contribution in [1.82, 2.24) is 9.21 Å². The second-order valence-corrected chi connectivity index (χ2v) is 12.0. The molecule has 0 N–H and O–H groups in total. The number of carbonyl (C=O) groups excluding carboxylic acids is 1. The Labute approximate surface area is 227 Å². The second kappa shape index (κ2) is 12.6. The first-order valence-electron chi connectivity index (χ1n) is 12.3. The van der Waals surface area contributed by atoms with Gasteiger partial charge in [0.2, 0.25) is 15.9 Å². The van der Waals surface area contributed by atoms with Crippen LogP contribution in [-0.2, 0) is 32.6 Å². The molecule has 0 radical (unpaired) electrons. The number of hydrogen-bond donors (Lipinski definition) is 0. The summed E-state index contributed by atoms with van der Waals surface area (Å²) in [6, 6.07) is 20.4. The van der Waals surface area contributed by atoms with E-state index in [1.54, 1.807) is 59.7 Å². The maximum absolute atomic E-state index is 13.9. The van der Waals surface area contributed by atoms with Crippen LogP contribution in [0.2, 0.25) is 0 Å². The lowest BCUT2D eigenvalue weighted by Crippen LogP contribution is -2.43. The summed E-state index contributed by atoms with van der Waals surface area (Å²) >= 11 is 1.55. The average Bonchev–Trinajstić information content (AvgIpc) is 3.32. The Morgan fingerprint density at radius 1 is 0.974 bits per heavy atom. The maximum atomic E-state index is 13.9. The average molecular weight is 555 g/mol. The molecule has 1 aromatic heterocycles. The fraction of sp³-hybridized carbons (Fsp3) is 0.276. The third-order valence-electron chi connectivity index (χ3n) is 6.38. The fourth-order valence-corrected chi connectivity index (χ4v) is 6.83. The van der Waals surface area contributed by atoms with E-state index >= 15 is 0 Å². The van der Waals surface area contributed by atoms with Crippen LogP contribution in [-0.4, -0.2) is 50.3 Å². The van der Waals surface area contributed by atoms with E-state index in [0.29, 0.717) is 25.0 Å². The monoisotopic (exact) mass is 554 g/mol. The van der Waals surface area contributed by atoms with E-state index in [4.69, 9.17) is 4.74 Å². The predicted molar refractivity (Wildman–Crippen MR) is 149 cm³/mol. The molecule has 4 aromatic rings. The second-order valence-electron chi connectivity index (χ2n) is 9.07. The summed E-state index contributed by atoms with van der Waals surface area (Å²) in [7, 11) is -2.44. The number of sulfonamides is 1. The van der Waals surface area contributed by atoms with Gasteiger partial charge in [0.05, 0.1) is 18.0 Å². The van der Waals surface area contributed by atoms with Crippen LogP contribution in [0.1, 0.15) is 22.4 Å². The van der Waals surface area contributed by atoms with Crippen LogP contribution < -0.4 is 0 Å². The number of rotatable bonds is 12. The van der Waals surface area contributed by atoms with Crippen LogP contribution in [0, 0.1) is 12.7 Å². The van der Waals surface area contributed by atoms with Crippen LogP contribution >= 0.6 is 11.3 Å². The summed E-state index contributed by atoms with van der Waals surface area (Å²) in [6.45, 7) is 2.73. The third-order valence-corrected chi connectivity index (χ3v) is 9.29. The molecule has 0 saturated carbocycles. The molecule has 9 heteroatoms. The largest absolute Gasteiger partial charge is 0.385 e. The first-order valence-corrected chi connectivity index (χ1v) is 14.6. The highest BCUT2D eigenvalue weighted by molar-refractivity contribution is 7.89. The molecular weight excluding hydrogens is 523 g/mol. The molecule has 0 atom stereocenters. The summed E-state index contributed by atoms with van der Waals surface area (Å²) in [5, 5.41) is 3.38. The lowest BCUT2D eigenvalue weighted by molar-refractivity contribution is -0.132. The Balaban J connectivity index is 1.65. The molecule has 0 aliphatic heterocycles. The quantitative estimate of drug-likeness (QED) is 0.214. The van der Waals surface area contributed by atoms with Crippen LogP contribution in [0.25, 0.3) is 10.8 Å². The van der Waals surface area contributed by atoms with E-state index in [1.165, 1.54) is 16.4 Å². The van der Waals surface area contributed by atoms with E-state index in [2.05, 4.69) is 0 Å². The zero-order valence-corrected chi connectivity index (χ0v) is 23.1. The Hall–Kier alpha value is -3.11. The van der Waals surface area contributed by atoms with Crippen molar-refractivity contribution in [3.63, 3.8) is 0 Å². The Morgan fingerprint density at radius 3 is 2.42 bits per heavy atom. The Kier molecular flexibility index (Phi) is 9.27. The summed E-state index contributed by atoms with van der Waals surface area (Å²) < 4.78 is 47.8. The molecule has 0 aliphatic carbocycles. The number of aryl methyl sites for hydroxylation is 1. The van der Waals surface area contributed by atoms with Crippen molar-refractivity contribution in [1.29, 1.82) is 0 Å². The van der Waals surface area contributed by atoms with Crippen molar-refractivity contribution in [2.24, 2.45) is 0 Å². The number of halogens is 1. The van der Waals surface area contributed by atoms with E-state index in [0.717, 1.165) is 21.4 Å². The van der Waals surface area contributed by atoms with E-state index in [9.17, 15) is 17.6 Å². The highest BCUT2D eigenvalue weighted by Gasteiger charge is 2.30. The van der Waals surface area contributed by atoms with Crippen LogP contribution in [0.4, 0.5) is 4.39 Å². The lowest BCUT2D eigenvalue weighted by Gasteiger charge is -2.28. The first kappa shape index (κ1) is 27.9. The molecule has 0 aliphatic rings. The maximum Gasteiger partial charge on any atom is 0.244 e. The van der Waals surface area contributed by atoms with Gasteiger partial charge in [0, 0.05) is 37.1 Å². The van der Waals surface area contributed by atoms with Crippen molar-refractivity contribution in [3.8, 4) is 0 Å². The number of fused-ring (bicyclic) bond motifs is 1. The molecule has 0 unspecified atom stereocenters. The smallest absolute Gasteiger partial charge is 0.244 e. The summed E-state index contributed by atoms with van der Waals surface area (Å²) in [5.41, 5.74) is 1.82. The van der Waals surface area contributed by atoms with E-state index in [1.807, 2.05) is 36.6 Å². The number of methoxy groups -OCH3 is 1. The van der Waals surface area contributed by atoms with Gasteiger partial charge in [-0.2, -0.15) is 4.31 Å². The fourth-order valence-electron chi connectivity index (χ4n) is 4.26. The minimum absolute atomic E-state index is 0.132. The zero-order valence-electron chi connectivity index (χ0n) is 21.5. The Morgan fingerprint density at radius 2 is 1.71 bits per heavy atom. The summed E-state index contributed by atoms with van der Waals surface area (Å²) in [5.74, 6) is -0.686. The van der Waals surface area contributed by atoms with Crippen LogP contribution in [0.3, 0.4) is 0 Å². The number of ether oxygens (including phenoxy) is 1. The van der Waals surface area contributed by atoms with Gasteiger partial charge < -0.3 is 9.64 Å². The number of thiophene rings is 1. The molecule has 1 amide bonds. The lowest BCUT2D eigenvalue weighted by atomic mass is 10.1. The molecule has 3 aromatic carbocycles. The molecule has 6 nitrogen and oxygen atoms in total. The number of nitrogens with zero attached hydrogens (tertiary/aromatic N) is 2. The highest BCUT2D eigenvalue weighted by atomic mass is 32.2. The van der Waals surface area contributed by atoms with Gasteiger partial charge in [0.25, 0.3) is 0 Å². The van der Waals surface area contributed by atoms with Gasteiger partial charge in [-0.3, -0.25) is 4.79 Å². The van der Waals surface area contributed by atoms with Gasteiger partial charge in [0.15, 0.2) is 0 Å². The van der Waals surface area contributed by atoms with Gasteiger partial charge in [0.1, 0.15) is 5.82 Å². The van der Waals surface area contributed by atoms with Crippen LogP contribution in [0.5, 0.6) is 0 Å². The summed E-state index contributed by atoms with van der Waals surface area (Å²) in [6.07, 6.45) is 0.440. The van der Waals surface area contributed by atoms with Gasteiger partial charge >= 0.3 is 0 Å². The van der Waals surface area contributed by atoms with Crippen molar-refractivity contribution in [2.45, 2.75) is 31.3 Å². The van der Waals surface area contributed by atoms with Crippen molar-refractivity contribution < 1.29 is 22.3 Å². The van der Waals surface area contributed by atoms with Gasteiger partial charge in [-0.05, 0) is 59.5 Å². The number of benzene rings is 3. The first-order chi connectivity index (χ1) is 18.3. The normalized spacial score (nSPS) is 11.8. The molecule has 4 rings (SSSR count). The molecule has 1 heterocycles. The molecular formula is C29H31FN2O4S2. The topological polar surface area (TPSA) is 66.9 Å². The van der Waals surface area contributed by atoms with Crippen molar-refractivity contribution in [2.75, 3.05) is 26.8 Å². The molecule has 38 heavy (non-hydrogen) atoms. The molecule has 0 bridgehead atoms. The predicted octanol–water partition coefficient (Wildman–Crippen LogP) is 5.61. The SMILES string of the molecule is COCCCN(CC(=O)N(Cc1ccc(F)cc1)Cc1sccc1C)S(=O)(=O)c1cccc2ccccc12. The third kappa shape index (κ3) is 6.66. The number of carbonyl (C=O) groups is 1. The zero-order chi connectivity index (χ0) is 27.1. The van der Waals surface area contributed by atoms with E-state index in [-0.39, 0.29) is 36.3 Å². The molecule has 0 saturated heterocycles. The molecule has 200 valence electrons. The minimum Gasteiger partial charge on any atom is -0.385 e. The summed E-state index contributed by atoms with van der Waals surface area (Å²) in [4.78, 5) is 16.6. The highest BCUT2D eigenvalue weighted by Crippen LogP contribution is 2.27. The van der Waals surface area contributed by atoms with Crippen LogP contribution in [0.15, 0.2) is 83.1 Å². The number of hydrogen-bond acceptors (Lipinski definition) is 5. The van der Waals surface area contributed by atoms with Gasteiger partial charge in [-0.25, -0.2) is 12.8 Å². The number of amides is 1. The standard InChI is InChI=1S/C29H31FN2O4S2/c1-22-15-18-37-27(22)20-31(19-23-11-13-25(30)14-12-23)29(33)21-32(16-6-17-36-2)38(34,35)28-10-5-8-24-7-3-4-9-26(24)28/h3-5,7-15,18H,6,16-17,19-21H2,1-2H3. The van der Waals surface area contributed by atoms with Gasteiger partial charge in [-0.1, -0.05) is 48.5 Å². The minimum atomic E-state index is -4.00. The van der Waals surface area contributed by atoms with Gasteiger partial charge in [-0.15, -0.1) is 11.3 Å². The van der Waals surface area contributed by atoms with Crippen molar-refractivity contribution in [3.05, 3.63) is 100.0 Å². The molecule has 0 spiro atoms. The van der Waals surface area contributed by atoms with E-state index < -0.39 is 10.0 Å². The molecule has 0 fully saturated rings.